The average Bonchev–Trinajstić information content (AvgIpc) is 2.97. The maximum atomic E-state index is 14.3. The number of anilines is 1. The number of aliphatic carboxylic acids is 1. The van der Waals surface area contributed by atoms with Crippen molar-refractivity contribution in [2.75, 3.05) is 18.0 Å². The fraction of sp³-hybridized carbons (Fsp3) is 0.226. The summed E-state index contributed by atoms with van der Waals surface area (Å²) in [5.74, 6) is 0.267. The molecule has 4 aromatic rings. The molecule has 0 aliphatic carbocycles. The summed E-state index contributed by atoms with van der Waals surface area (Å²) < 4.78 is 64.2. The SMILES string of the molecule is O=C(O)C1CCN(c2cccc(-c3cc(F)ccc3OCc3ccc(Oc4ccc(C(F)(F)F)cc4)cc3)n2)CC1. The number of hydrogen-bond acceptors (Lipinski definition) is 5. The second-order valence-corrected chi connectivity index (χ2v) is 9.68. The maximum absolute atomic E-state index is 14.3. The number of nitrogens with zero attached hydrogens (tertiary/aromatic N) is 2. The van der Waals surface area contributed by atoms with Gasteiger partial charge in [0.2, 0.25) is 0 Å². The minimum absolute atomic E-state index is 0.168. The van der Waals surface area contributed by atoms with Crippen LogP contribution in [0.5, 0.6) is 17.2 Å². The van der Waals surface area contributed by atoms with Gasteiger partial charge < -0.3 is 19.5 Å². The van der Waals surface area contributed by atoms with Crippen LogP contribution in [0.2, 0.25) is 0 Å². The Labute approximate surface area is 233 Å². The molecule has 1 fully saturated rings. The van der Waals surface area contributed by atoms with E-state index in [1.807, 2.05) is 17.0 Å². The first kappa shape index (κ1) is 27.9. The number of alkyl halides is 3. The highest BCUT2D eigenvalue weighted by Gasteiger charge is 2.30. The zero-order valence-corrected chi connectivity index (χ0v) is 21.8. The second-order valence-electron chi connectivity index (χ2n) is 9.68. The van der Waals surface area contributed by atoms with Gasteiger partial charge in [-0.15, -0.1) is 0 Å². The molecular weight excluding hydrogens is 540 g/mol. The third kappa shape index (κ3) is 6.95. The van der Waals surface area contributed by atoms with Gasteiger partial charge in [0.05, 0.1) is 17.2 Å². The average molecular weight is 567 g/mol. The Balaban J connectivity index is 1.25. The largest absolute Gasteiger partial charge is 0.488 e. The molecule has 41 heavy (non-hydrogen) atoms. The highest BCUT2D eigenvalue weighted by atomic mass is 19.4. The van der Waals surface area contributed by atoms with Crippen molar-refractivity contribution in [3.63, 3.8) is 0 Å². The maximum Gasteiger partial charge on any atom is 0.416 e. The first-order valence-electron chi connectivity index (χ1n) is 13.0. The Kier molecular flexibility index (Phi) is 8.09. The lowest BCUT2D eigenvalue weighted by atomic mass is 9.97. The molecule has 1 N–H and O–H groups in total. The predicted molar refractivity (Wildman–Crippen MR) is 144 cm³/mol. The van der Waals surface area contributed by atoms with Crippen LogP contribution < -0.4 is 14.4 Å². The molecule has 1 aliphatic rings. The van der Waals surface area contributed by atoms with E-state index >= 15 is 0 Å². The van der Waals surface area contributed by atoms with Crippen LogP contribution in [0.1, 0.15) is 24.0 Å². The van der Waals surface area contributed by atoms with Gasteiger partial charge in [-0.2, -0.15) is 13.2 Å². The lowest BCUT2D eigenvalue weighted by molar-refractivity contribution is -0.142. The van der Waals surface area contributed by atoms with Crippen LogP contribution in [0.3, 0.4) is 0 Å². The van der Waals surface area contributed by atoms with E-state index in [1.165, 1.54) is 24.3 Å². The monoisotopic (exact) mass is 566 g/mol. The number of halogens is 4. The molecule has 1 aromatic heterocycles. The minimum Gasteiger partial charge on any atom is -0.488 e. The Hall–Kier alpha value is -4.60. The molecule has 0 spiro atoms. The zero-order valence-electron chi connectivity index (χ0n) is 21.8. The predicted octanol–water partition coefficient (Wildman–Crippen LogP) is 7.58. The van der Waals surface area contributed by atoms with E-state index in [4.69, 9.17) is 14.5 Å². The molecule has 3 aromatic carbocycles. The standard InChI is InChI=1S/C31H26F4N2O4/c32-23-8-13-28(26(18-23)27-2-1-3-29(36-27)37-16-14-21(15-17-37)30(38)39)40-19-20-4-9-24(10-5-20)41-25-11-6-22(7-12-25)31(33,34)35/h1-13,18,21H,14-17,19H2,(H,38,39). The van der Waals surface area contributed by atoms with Gasteiger partial charge in [0.15, 0.2) is 0 Å². The lowest BCUT2D eigenvalue weighted by Gasteiger charge is -2.31. The summed E-state index contributed by atoms with van der Waals surface area (Å²) in [6.45, 7) is 1.30. The van der Waals surface area contributed by atoms with E-state index in [9.17, 15) is 27.5 Å². The smallest absolute Gasteiger partial charge is 0.416 e. The number of carboxylic acids is 1. The van der Waals surface area contributed by atoms with E-state index in [0.717, 1.165) is 17.7 Å². The van der Waals surface area contributed by atoms with E-state index in [2.05, 4.69) is 0 Å². The summed E-state index contributed by atoms with van der Waals surface area (Å²) in [6.07, 6.45) is -3.35. The Morgan fingerprint density at radius 1 is 0.927 bits per heavy atom. The van der Waals surface area contributed by atoms with Crippen molar-refractivity contribution in [3.05, 3.63) is 102 Å². The summed E-state index contributed by atoms with van der Waals surface area (Å²) in [6, 6.07) is 21.0. The van der Waals surface area contributed by atoms with Gasteiger partial charge in [0.1, 0.15) is 35.5 Å². The number of piperidine rings is 1. The molecule has 212 valence electrons. The van der Waals surface area contributed by atoms with Gasteiger partial charge in [0, 0.05) is 18.7 Å². The van der Waals surface area contributed by atoms with E-state index in [0.29, 0.717) is 54.5 Å². The molecule has 1 saturated heterocycles. The number of pyridine rings is 1. The van der Waals surface area contributed by atoms with Crippen LogP contribution in [-0.4, -0.2) is 29.1 Å². The lowest BCUT2D eigenvalue weighted by Crippen LogP contribution is -2.36. The Morgan fingerprint density at radius 3 is 2.22 bits per heavy atom. The molecule has 0 radical (unpaired) electrons. The second kappa shape index (κ2) is 11.9. The van der Waals surface area contributed by atoms with Gasteiger partial charge in [0.25, 0.3) is 0 Å². The molecule has 2 heterocycles. The molecular formula is C31H26F4N2O4. The topological polar surface area (TPSA) is 71.9 Å². The fourth-order valence-electron chi connectivity index (χ4n) is 4.60. The van der Waals surface area contributed by atoms with Crippen molar-refractivity contribution in [2.45, 2.75) is 25.6 Å². The van der Waals surface area contributed by atoms with Crippen molar-refractivity contribution in [1.82, 2.24) is 4.98 Å². The van der Waals surface area contributed by atoms with Gasteiger partial charge in [-0.1, -0.05) is 18.2 Å². The number of aromatic nitrogens is 1. The third-order valence-electron chi connectivity index (χ3n) is 6.86. The van der Waals surface area contributed by atoms with E-state index < -0.39 is 23.5 Å². The molecule has 0 bridgehead atoms. The van der Waals surface area contributed by atoms with Crippen LogP contribution in [0.4, 0.5) is 23.4 Å². The summed E-state index contributed by atoms with van der Waals surface area (Å²) in [5.41, 5.74) is 1.05. The first-order valence-corrected chi connectivity index (χ1v) is 13.0. The summed E-state index contributed by atoms with van der Waals surface area (Å²) in [4.78, 5) is 18.0. The summed E-state index contributed by atoms with van der Waals surface area (Å²) in [7, 11) is 0. The van der Waals surface area contributed by atoms with Crippen molar-refractivity contribution >= 4 is 11.8 Å². The van der Waals surface area contributed by atoms with Crippen LogP contribution in [0.15, 0.2) is 84.9 Å². The molecule has 6 nitrogen and oxygen atoms in total. The third-order valence-corrected chi connectivity index (χ3v) is 6.86. The summed E-state index contributed by atoms with van der Waals surface area (Å²) in [5, 5.41) is 9.26. The number of rotatable bonds is 8. The van der Waals surface area contributed by atoms with Crippen molar-refractivity contribution in [2.24, 2.45) is 5.92 Å². The van der Waals surface area contributed by atoms with Gasteiger partial charge >= 0.3 is 12.1 Å². The Morgan fingerprint density at radius 2 is 1.59 bits per heavy atom. The van der Waals surface area contributed by atoms with Crippen molar-refractivity contribution < 1.29 is 36.9 Å². The quantitative estimate of drug-likeness (QED) is 0.222. The highest BCUT2D eigenvalue weighted by Crippen LogP contribution is 2.33. The minimum atomic E-state index is -4.41. The number of ether oxygens (including phenoxy) is 2. The molecule has 0 unspecified atom stereocenters. The van der Waals surface area contributed by atoms with Crippen LogP contribution in [0, 0.1) is 11.7 Å². The number of carboxylic acid groups (broad SMARTS) is 1. The van der Waals surface area contributed by atoms with Crippen LogP contribution in [-0.2, 0) is 17.6 Å². The molecule has 0 amide bonds. The summed E-state index contributed by atoms with van der Waals surface area (Å²) >= 11 is 0. The Bertz CT molecular complexity index is 1500. The number of benzene rings is 3. The van der Waals surface area contributed by atoms with E-state index in [1.54, 1.807) is 36.4 Å². The van der Waals surface area contributed by atoms with Gasteiger partial charge in [-0.25, -0.2) is 9.37 Å². The van der Waals surface area contributed by atoms with Crippen molar-refractivity contribution in [1.29, 1.82) is 0 Å². The molecule has 1 aliphatic heterocycles. The number of carbonyl (C=O) groups is 1. The van der Waals surface area contributed by atoms with Gasteiger partial charge in [-0.3, -0.25) is 4.79 Å². The van der Waals surface area contributed by atoms with Gasteiger partial charge in [-0.05, 0) is 85.1 Å². The van der Waals surface area contributed by atoms with E-state index in [-0.39, 0.29) is 18.3 Å². The van der Waals surface area contributed by atoms with Crippen LogP contribution >= 0.6 is 0 Å². The normalized spacial score (nSPS) is 14.1. The van der Waals surface area contributed by atoms with Crippen LogP contribution in [0.25, 0.3) is 11.3 Å². The zero-order chi connectivity index (χ0) is 29.0. The molecule has 0 saturated carbocycles. The highest BCUT2D eigenvalue weighted by molar-refractivity contribution is 5.71. The molecule has 0 atom stereocenters. The van der Waals surface area contributed by atoms with Crippen molar-refractivity contribution in [3.8, 4) is 28.5 Å². The number of hydrogen-bond donors (Lipinski definition) is 1. The fourth-order valence-corrected chi connectivity index (χ4v) is 4.60. The molecule has 10 heteroatoms. The first-order chi connectivity index (χ1) is 19.7. The molecule has 5 rings (SSSR count).